The molecule has 2 aromatic rings. The van der Waals surface area contributed by atoms with Crippen LogP contribution in [0.5, 0.6) is 0 Å². The van der Waals surface area contributed by atoms with E-state index < -0.39 is 35.1 Å². The molecule has 1 fully saturated rings. The number of halogens is 6. The molecule has 9 heteroatoms. The topological polar surface area (TPSA) is 38.3 Å². The largest absolute Gasteiger partial charge is 0.416 e. The van der Waals surface area contributed by atoms with Crippen LogP contribution in [0.2, 0.25) is 0 Å². The highest BCUT2D eigenvalue weighted by Gasteiger charge is 2.41. The number of carbonyl (C=O) groups excluding carboxylic acids is 1. The molecule has 3 rings (SSSR count). The smallest absolute Gasteiger partial charge is 0.371 e. The third-order valence-corrected chi connectivity index (χ3v) is 5.80. The Labute approximate surface area is 181 Å². The number of amides is 1. The third-order valence-electron chi connectivity index (χ3n) is 5.80. The van der Waals surface area contributed by atoms with E-state index in [1.807, 2.05) is 0 Å². The van der Waals surface area contributed by atoms with Gasteiger partial charge in [-0.2, -0.15) is 26.3 Å². The lowest BCUT2D eigenvalue weighted by Crippen LogP contribution is -2.54. The number of hydrogen-bond acceptors (Lipinski definition) is 2. The molecular formula is C23H23F6NO2. The number of benzene rings is 2. The van der Waals surface area contributed by atoms with Gasteiger partial charge in [0.25, 0.3) is 0 Å². The summed E-state index contributed by atoms with van der Waals surface area (Å²) in [5.41, 5.74) is -3.20. The Morgan fingerprint density at radius 2 is 1.59 bits per heavy atom. The first-order chi connectivity index (χ1) is 14.8. The van der Waals surface area contributed by atoms with Gasteiger partial charge in [-0.1, -0.05) is 37.3 Å². The van der Waals surface area contributed by atoms with E-state index >= 15 is 0 Å². The summed E-state index contributed by atoms with van der Waals surface area (Å²) < 4.78 is 84.9. The van der Waals surface area contributed by atoms with Crippen molar-refractivity contribution in [3.63, 3.8) is 0 Å². The molecule has 1 saturated heterocycles. The molecule has 1 heterocycles. The average Bonchev–Trinajstić information content (AvgIpc) is 2.73. The van der Waals surface area contributed by atoms with Gasteiger partial charge in [-0.3, -0.25) is 4.79 Å². The fourth-order valence-electron chi connectivity index (χ4n) is 3.76. The molecule has 0 saturated carbocycles. The van der Waals surface area contributed by atoms with Crippen LogP contribution in [-0.4, -0.2) is 12.5 Å². The van der Waals surface area contributed by atoms with Crippen molar-refractivity contribution in [3.8, 4) is 0 Å². The Hall–Kier alpha value is -2.55. The van der Waals surface area contributed by atoms with E-state index in [1.54, 1.807) is 37.3 Å². The molecule has 1 aliphatic rings. The van der Waals surface area contributed by atoms with Crippen molar-refractivity contribution in [2.24, 2.45) is 5.92 Å². The molecule has 0 radical (unpaired) electrons. The van der Waals surface area contributed by atoms with Crippen molar-refractivity contribution in [3.05, 3.63) is 70.8 Å². The Kier molecular flexibility index (Phi) is 6.60. The van der Waals surface area contributed by atoms with E-state index in [0.717, 1.165) is 5.56 Å². The standard InChI is InChI=1S/C23H23F6NO2/c1-14-8-9-21(30-20(14)31,17-6-4-3-5-7-17)13-32-15(2)16-10-18(22(24,25)26)12-19(11-16)23(27,28)29/h3-7,10-12,14-15H,8-9,13H2,1-2H3,(H,30,31)/t14?,15-,21-/m1/s1. The van der Waals surface area contributed by atoms with Gasteiger partial charge in [-0.05, 0) is 49.1 Å². The molecule has 2 aromatic carbocycles. The molecule has 1 unspecified atom stereocenters. The van der Waals surface area contributed by atoms with Gasteiger partial charge in [-0.25, -0.2) is 0 Å². The predicted molar refractivity (Wildman–Crippen MR) is 105 cm³/mol. The first-order valence-corrected chi connectivity index (χ1v) is 10.1. The Morgan fingerprint density at radius 3 is 2.09 bits per heavy atom. The lowest BCUT2D eigenvalue weighted by molar-refractivity contribution is -0.143. The van der Waals surface area contributed by atoms with Gasteiger partial charge in [0.2, 0.25) is 5.91 Å². The van der Waals surface area contributed by atoms with Crippen molar-refractivity contribution in [1.82, 2.24) is 5.32 Å². The van der Waals surface area contributed by atoms with Gasteiger partial charge < -0.3 is 10.1 Å². The summed E-state index contributed by atoms with van der Waals surface area (Å²) in [6.45, 7) is 3.07. The van der Waals surface area contributed by atoms with Gasteiger partial charge in [0, 0.05) is 5.92 Å². The van der Waals surface area contributed by atoms with E-state index in [-0.39, 0.29) is 30.1 Å². The zero-order chi connectivity index (χ0) is 23.7. The van der Waals surface area contributed by atoms with Crippen LogP contribution in [-0.2, 0) is 27.4 Å². The number of nitrogens with one attached hydrogen (secondary N) is 1. The Balaban J connectivity index is 1.90. The molecule has 32 heavy (non-hydrogen) atoms. The van der Waals surface area contributed by atoms with Crippen LogP contribution in [0, 0.1) is 5.92 Å². The highest BCUT2D eigenvalue weighted by Crippen LogP contribution is 2.39. The molecular weight excluding hydrogens is 436 g/mol. The second kappa shape index (κ2) is 8.77. The van der Waals surface area contributed by atoms with Crippen LogP contribution in [0.15, 0.2) is 48.5 Å². The van der Waals surface area contributed by atoms with E-state index in [0.29, 0.717) is 25.0 Å². The summed E-state index contributed by atoms with van der Waals surface area (Å²) in [5, 5.41) is 2.95. The number of rotatable bonds is 5. The first-order valence-electron chi connectivity index (χ1n) is 10.1. The highest BCUT2D eigenvalue weighted by atomic mass is 19.4. The number of alkyl halides is 6. The van der Waals surface area contributed by atoms with E-state index in [1.165, 1.54) is 6.92 Å². The van der Waals surface area contributed by atoms with E-state index in [4.69, 9.17) is 4.74 Å². The minimum absolute atomic E-state index is 0.0877. The molecule has 1 N–H and O–H groups in total. The predicted octanol–water partition coefficient (Wildman–Crippen LogP) is 6.24. The van der Waals surface area contributed by atoms with Crippen molar-refractivity contribution < 1.29 is 35.9 Å². The van der Waals surface area contributed by atoms with Crippen LogP contribution in [0.25, 0.3) is 0 Å². The third kappa shape index (κ3) is 5.26. The van der Waals surface area contributed by atoms with Crippen LogP contribution >= 0.6 is 0 Å². The molecule has 3 nitrogen and oxygen atoms in total. The van der Waals surface area contributed by atoms with Crippen molar-refractivity contribution in [1.29, 1.82) is 0 Å². The number of carbonyl (C=O) groups is 1. The highest BCUT2D eigenvalue weighted by molar-refractivity contribution is 5.80. The van der Waals surface area contributed by atoms with Crippen molar-refractivity contribution in [2.75, 3.05) is 6.61 Å². The molecule has 0 aromatic heterocycles. The second-order valence-electron chi connectivity index (χ2n) is 8.17. The molecule has 0 bridgehead atoms. The lowest BCUT2D eigenvalue weighted by Gasteiger charge is -2.41. The van der Waals surface area contributed by atoms with Gasteiger partial charge in [-0.15, -0.1) is 0 Å². The first kappa shape index (κ1) is 24.1. The quantitative estimate of drug-likeness (QED) is 0.538. The fourth-order valence-corrected chi connectivity index (χ4v) is 3.76. The van der Waals surface area contributed by atoms with Crippen LogP contribution in [0.4, 0.5) is 26.3 Å². The summed E-state index contributed by atoms with van der Waals surface area (Å²) in [7, 11) is 0. The summed E-state index contributed by atoms with van der Waals surface area (Å²) >= 11 is 0. The molecule has 1 aliphatic heterocycles. The minimum atomic E-state index is -4.94. The molecule has 0 spiro atoms. The van der Waals surface area contributed by atoms with Gasteiger partial charge in [0.1, 0.15) is 0 Å². The normalized spacial score (nSPS) is 23.0. The van der Waals surface area contributed by atoms with Gasteiger partial charge >= 0.3 is 12.4 Å². The maximum absolute atomic E-state index is 13.2. The van der Waals surface area contributed by atoms with Gasteiger partial charge in [0.05, 0.1) is 29.4 Å². The Morgan fingerprint density at radius 1 is 1.03 bits per heavy atom. The molecule has 3 atom stereocenters. The lowest BCUT2D eigenvalue weighted by atomic mass is 9.79. The summed E-state index contributed by atoms with van der Waals surface area (Å²) in [5.74, 6) is -0.392. The number of hydrogen-bond donors (Lipinski definition) is 1. The van der Waals surface area contributed by atoms with Crippen LogP contribution < -0.4 is 5.32 Å². The number of ether oxygens (including phenoxy) is 1. The van der Waals surface area contributed by atoms with E-state index in [9.17, 15) is 31.1 Å². The van der Waals surface area contributed by atoms with Crippen LogP contribution in [0.1, 0.15) is 55.0 Å². The SMILES string of the molecule is CC1CC[C@@](CO[C@H](C)c2cc(C(F)(F)F)cc(C(F)(F)F)c2)(c2ccccc2)NC1=O. The minimum Gasteiger partial charge on any atom is -0.371 e. The summed E-state index contributed by atoms with van der Waals surface area (Å²) in [6, 6.07) is 10.4. The average molecular weight is 459 g/mol. The molecule has 174 valence electrons. The maximum atomic E-state index is 13.2. The van der Waals surface area contributed by atoms with Crippen LogP contribution in [0.3, 0.4) is 0 Å². The second-order valence-corrected chi connectivity index (χ2v) is 8.17. The molecule has 1 amide bonds. The zero-order valence-corrected chi connectivity index (χ0v) is 17.5. The van der Waals surface area contributed by atoms with Gasteiger partial charge in [0.15, 0.2) is 0 Å². The summed E-state index contributed by atoms with van der Waals surface area (Å²) in [4.78, 5) is 12.4. The van der Waals surface area contributed by atoms with Crippen molar-refractivity contribution in [2.45, 2.75) is 50.7 Å². The Bertz CT molecular complexity index is 925. The monoisotopic (exact) mass is 459 g/mol. The fraction of sp³-hybridized carbons (Fsp3) is 0.435. The summed E-state index contributed by atoms with van der Waals surface area (Å²) in [6.07, 6.45) is -9.86. The van der Waals surface area contributed by atoms with E-state index in [2.05, 4.69) is 5.32 Å². The maximum Gasteiger partial charge on any atom is 0.416 e. The van der Waals surface area contributed by atoms with Crippen molar-refractivity contribution >= 4 is 5.91 Å². The zero-order valence-electron chi connectivity index (χ0n) is 17.5. The number of piperidine rings is 1. The molecule has 0 aliphatic carbocycles.